The first-order valence-electron chi connectivity index (χ1n) is 8.41. The van der Waals surface area contributed by atoms with Gasteiger partial charge in [-0.15, -0.1) is 10.2 Å². The summed E-state index contributed by atoms with van der Waals surface area (Å²) in [7, 11) is -0.686. The molecular weight excluding hydrogens is 366 g/mol. The van der Waals surface area contributed by atoms with Crippen LogP contribution in [0.5, 0.6) is 0 Å². The van der Waals surface area contributed by atoms with E-state index in [2.05, 4.69) is 15.5 Å². The summed E-state index contributed by atoms with van der Waals surface area (Å²) >= 11 is 0. The molecular formula is C18H21N5O3S. The van der Waals surface area contributed by atoms with Gasteiger partial charge in [0.05, 0.1) is 4.90 Å². The molecule has 0 unspecified atom stereocenters. The number of carbonyl (C=O) groups excluding carboxylic acids is 1. The van der Waals surface area contributed by atoms with Crippen LogP contribution < -0.4 is 5.32 Å². The fourth-order valence-corrected chi connectivity index (χ4v) is 3.59. The molecule has 3 aromatic rings. The second kappa shape index (κ2) is 7.45. The van der Waals surface area contributed by atoms with Crippen LogP contribution >= 0.6 is 0 Å². The molecule has 0 aliphatic rings. The molecule has 0 aliphatic heterocycles. The number of rotatable bonds is 6. The van der Waals surface area contributed by atoms with Gasteiger partial charge in [-0.3, -0.25) is 9.20 Å². The fourth-order valence-electron chi connectivity index (χ4n) is 2.66. The van der Waals surface area contributed by atoms with Crippen LogP contribution in [0.3, 0.4) is 0 Å². The lowest BCUT2D eigenvalue weighted by Crippen LogP contribution is -2.28. The van der Waals surface area contributed by atoms with E-state index in [-0.39, 0.29) is 10.8 Å². The van der Waals surface area contributed by atoms with Crippen LogP contribution in [0.25, 0.3) is 5.65 Å². The first kappa shape index (κ1) is 19.0. The number of nitrogens with zero attached hydrogens (tertiary/aromatic N) is 4. The number of nitrogens with one attached hydrogen (secondary N) is 1. The molecule has 0 saturated heterocycles. The molecule has 3 rings (SSSR count). The second-order valence-electron chi connectivity index (χ2n) is 6.32. The average molecular weight is 387 g/mol. The van der Waals surface area contributed by atoms with Gasteiger partial charge in [-0.05, 0) is 36.8 Å². The van der Waals surface area contributed by atoms with E-state index in [0.717, 1.165) is 15.8 Å². The minimum Gasteiger partial charge on any atom is -0.352 e. The Hall–Kier alpha value is -2.78. The van der Waals surface area contributed by atoms with Crippen molar-refractivity contribution in [3.63, 3.8) is 0 Å². The van der Waals surface area contributed by atoms with Gasteiger partial charge in [0.1, 0.15) is 5.82 Å². The third kappa shape index (κ3) is 3.83. The summed E-state index contributed by atoms with van der Waals surface area (Å²) in [6, 6.07) is 10.2. The summed E-state index contributed by atoms with van der Waals surface area (Å²) in [6.45, 7) is 2.13. The molecule has 2 aromatic heterocycles. The maximum Gasteiger partial charge on any atom is 0.251 e. The first-order valence-corrected chi connectivity index (χ1v) is 9.85. The van der Waals surface area contributed by atoms with E-state index in [9.17, 15) is 13.2 Å². The Labute approximate surface area is 157 Å². The molecule has 9 heteroatoms. The number of amides is 1. The predicted octanol–water partition coefficient (Wildman–Crippen LogP) is 1.26. The summed E-state index contributed by atoms with van der Waals surface area (Å²) in [4.78, 5) is 12.6. The number of aromatic nitrogens is 3. The van der Waals surface area contributed by atoms with E-state index >= 15 is 0 Å². The number of hydrogen-bond donors (Lipinski definition) is 1. The molecule has 0 atom stereocenters. The highest BCUT2D eigenvalue weighted by Crippen LogP contribution is 2.18. The summed E-state index contributed by atoms with van der Waals surface area (Å²) in [6.07, 6.45) is 2.37. The Morgan fingerprint density at radius 3 is 2.70 bits per heavy atom. The van der Waals surface area contributed by atoms with Crippen molar-refractivity contribution in [1.82, 2.24) is 24.2 Å². The Morgan fingerprint density at radius 2 is 1.96 bits per heavy atom. The Bertz CT molecular complexity index is 1090. The quantitative estimate of drug-likeness (QED) is 0.687. The highest BCUT2D eigenvalue weighted by Gasteiger charge is 2.20. The Morgan fingerprint density at radius 1 is 1.19 bits per heavy atom. The molecule has 0 fully saturated rings. The van der Waals surface area contributed by atoms with Crippen LogP contribution in [0.15, 0.2) is 47.5 Å². The van der Waals surface area contributed by atoms with Crippen molar-refractivity contribution in [2.24, 2.45) is 0 Å². The van der Waals surface area contributed by atoms with E-state index in [1.165, 1.54) is 26.2 Å². The monoisotopic (exact) mass is 387 g/mol. The number of sulfonamides is 1. The maximum absolute atomic E-state index is 12.5. The van der Waals surface area contributed by atoms with Gasteiger partial charge in [0.25, 0.3) is 5.91 Å². The molecule has 0 radical (unpaired) electrons. The normalized spacial score (nSPS) is 11.9. The van der Waals surface area contributed by atoms with Gasteiger partial charge >= 0.3 is 0 Å². The van der Waals surface area contributed by atoms with Gasteiger partial charge in [-0.25, -0.2) is 12.7 Å². The van der Waals surface area contributed by atoms with E-state index in [4.69, 9.17) is 0 Å². The van der Waals surface area contributed by atoms with Crippen molar-refractivity contribution in [1.29, 1.82) is 0 Å². The molecule has 27 heavy (non-hydrogen) atoms. The van der Waals surface area contributed by atoms with Gasteiger partial charge < -0.3 is 5.32 Å². The molecule has 0 aliphatic carbocycles. The third-order valence-electron chi connectivity index (χ3n) is 4.25. The molecule has 8 nitrogen and oxygen atoms in total. The number of fused-ring (bicyclic) bond motifs is 1. The highest BCUT2D eigenvalue weighted by molar-refractivity contribution is 7.89. The Balaban J connectivity index is 1.73. The van der Waals surface area contributed by atoms with Gasteiger partial charge in [0, 0.05) is 38.8 Å². The van der Waals surface area contributed by atoms with Crippen LogP contribution in [0.2, 0.25) is 0 Å². The zero-order valence-electron chi connectivity index (χ0n) is 15.4. The standard InChI is InChI=1S/C18H21N5O3S/c1-13-7-8-14(27(25,26)22(2)3)12-15(13)18(24)19-10-9-17-21-20-16-6-4-5-11-23(16)17/h4-8,11-12H,9-10H2,1-3H3,(H,19,24). The number of hydrogen-bond acceptors (Lipinski definition) is 5. The molecule has 0 bridgehead atoms. The first-order chi connectivity index (χ1) is 12.8. The minimum atomic E-state index is -3.60. The van der Waals surface area contributed by atoms with Gasteiger partial charge in [-0.1, -0.05) is 12.1 Å². The van der Waals surface area contributed by atoms with E-state index in [0.29, 0.717) is 24.1 Å². The lowest BCUT2D eigenvalue weighted by molar-refractivity contribution is 0.0953. The molecule has 1 amide bonds. The zero-order chi connectivity index (χ0) is 19.6. The Kier molecular flexibility index (Phi) is 5.24. The van der Waals surface area contributed by atoms with Crippen LogP contribution in [-0.2, 0) is 16.4 Å². The number of benzene rings is 1. The lowest BCUT2D eigenvalue weighted by Gasteiger charge is -2.13. The second-order valence-corrected chi connectivity index (χ2v) is 8.47. The maximum atomic E-state index is 12.5. The number of aryl methyl sites for hydroxylation is 1. The molecule has 2 heterocycles. The smallest absolute Gasteiger partial charge is 0.251 e. The van der Waals surface area contributed by atoms with E-state index in [1.807, 2.05) is 28.8 Å². The minimum absolute atomic E-state index is 0.0895. The highest BCUT2D eigenvalue weighted by atomic mass is 32.2. The lowest BCUT2D eigenvalue weighted by atomic mass is 10.1. The third-order valence-corrected chi connectivity index (χ3v) is 6.06. The summed E-state index contributed by atoms with van der Waals surface area (Å²) in [5.74, 6) is 0.420. The SMILES string of the molecule is Cc1ccc(S(=O)(=O)N(C)C)cc1C(=O)NCCc1nnc2ccccn12. The molecule has 1 N–H and O–H groups in total. The largest absolute Gasteiger partial charge is 0.352 e. The van der Waals surface area contributed by atoms with Crippen molar-refractivity contribution in [3.05, 3.63) is 59.5 Å². The number of pyridine rings is 1. The molecule has 1 aromatic carbocycles. The average Bonchev–Trinajstić information content (AvgIpc) is 3.05. The molecule has 0 saturated carbocycles. The fraction of sp³-hybridized carbons (Fsp3) is 0.278. The van der Waals surface area contributed by atoms with Gasteiger partial charge in [0.2, 0.25) is 10.0 Å². The van der Waals surface area contributed by atoms with Crippen LogP contribution in [0.1, 0.15) is 21.7 Å². The topological polar surface area (TPSA) is 96.7 Å². The summed E-state index contributed by atoms with van der Waals surface area (Å²) in [5, 5.41) is 11.0. The molecule has 142 valence electrons. The van der Waals surface area contributed by atoms with Gasteiger partial charge in [-0.2, -0.15) is 0 Å². The van der Waals surface area contributed by atoms with Crippen molar-refractivity contribution < 1.29 is 13.2 Å². The van der Waals surface area contributed by atoms with Crippen LogP contribution in [-0.4, -0.2) is 53.9 Å². The predicted molar refractivity (Wildman–Crippen MR) is 101 cm³/mol. The van der Waals surface area contributed by atoms with E-state index in [1.54, 1.807) is 13.0 Å². The van der Waals surface area contributed by atoms with Crippen molar-refractivity contribution >= 4 is 21.6 Å². The van der Waals surface area contributed by atoms with Crippen LogP contribution in [0, 0.1) is 6.92 Å². The number of carbonyl (C=O) groups is 1. The van der Waals surface area contributed by atoms with Gasteiger partial charge in [0.15, 0.2) is 5.65 Å². The molecule has 0 spiro atoms. The van der Waals surface area contributed by atoms with Crippen molar-refractivity contribution in [2.75, 3.05) is 20.6 Å². The summed E-state index contributed by atoms with van der Waals surface area (Å²) in [5.41, 5.74) is 1.79. The summed E-state index contributed by atoms with van der Waals surface area (Å²) < 4.78 is 27.6. The van der Waals surface area contributed by atoms with Crippen molar-refractivity contribution in [2.45, 2.75) is 18.2 Å². The van der Waals surface area contributed by atoms with Crippen LogP contribution in [0.4, 0.5) is 0 Å². The van der Waals surface area contributed by atoms with Crippen molar-refractivity contribution in [3.8, 4) is 0 Å². The zero-order valence-corrected chi connectivity index (χ0v) is 16.2. The van der Waals surface area contributed by atoms with E-state index < -0.39 is 10.0 Å².